The van der Waals surface area contributed by atoms with E-state index in [4.69, 9.17) is 23.6 Å². The van der Waals surface area contributed by atoms with Crippen molar-refractivity contribution < 1.29 is 42.7 Å². The number of rotatable bonds is 31. The van der Waals surface area contributed by atoms with Crippen molar-refractivity contribution in [3.63, 3.8) is 0 Å². The summed E-state index contributed by atoms with van der Waals surface area (Å²) < 4.78 is 34.8. The standard InChI is InChI=1S/C30H64NO8P/c1-5-6-7-8-9-10-11-12-13-14-15-16-17-19-23-36-27-30(37-24-20-18-21-29(33)26-32)28-39-40(34,35)38-25-22-31(2,3)4/h29-30,32-33H,5-28H2,1-4H3/p+1/t29?,30-/m1/s1. The highest BCUT2D eigenvalue weighted by atomic mass is 31.2. The topological polar surface area (TPSA) is 115 Å². The van der Waals surface area contributed by atoms with Crippen LogP contribution in [0.2, 0.25) is 0 Å². The van der Waals surface area contributed by atoms with Crippen molar-refractivity contribution >= 4 is 7.82 Å². The van der Waals surface area contributed by atoms with Crippen LogP contribution in [-0.4, -0.2) is 99.1 Å². The zero-order valence-electron chi connectivity index (χ0n) is 26.4. The summed E-state index contributed by atoms with van der Waals surface area (Å²) in [6, 6.07) is 0. The van der Waals surface area contributed by atoms with Gasteiger partial charge in [-0.3, -0.25) is 9.05 Å². The largest absolute Gasteiger partial charge is 0.472 e. The number of aliphatic hydroxyl groups is 2. The van der Waals surface area contributed by atoms with E-state index in [9.17, 15) is 14.6 Å². The average molecular weight is 599 g/mol. The number of likely N-dealkylation sites (N-methyl/N-ethyl adjacent to an activating group) is 1. The Balaban J connectivity index is 4.06. The molecule has 3 N–H and O–H groups in total. The van der Waals surface area contributed by atoms with Crippen molar-refractivity contribution in [2.24, 2.45) is 0 Å². The van der Waals surface area contributed by atoms with Crippen molar-refractivity contribution in [2.45, 2.75) is 128 Å². The highest BCUT2D eigenvalue weighted by molar-refractivity contribution is 7.47. The summed E-state index contributed by atoms with van der Waals surface area (Å²) in [6.45, 7) is 3.92. The van der Waals surface area contributed by atoms with Crippen LogP contribution in [0.4, 0.5) is 0 Å². The van der Waals surface area contributed by atoms with Crippen LogP contribution in [-0.2, 0) is 23.1 Å². The fourth-order valence-electron chi connectivity index (χ4n) is 4.23. The van der Waals surface area contributed by atoms with Gasteiger partial charge in [-0.2, -0.15) is 0 Å². The zero-order chi connectivity index (χ0) is 30.0. The first-order valence-electron chi connectivity index (χ1n) is 16.0. The molecule has 0 aromatic rings. The van der Waals surface area contributed by atoms with Gasteiger partial charge in [0.25, 0.3) is 0 Å². The summed E-state index contributed by atoms with van der Waals surface area (Å²) in [5.41, 5.74) is 0. The van der Waals surface area contributed by atoms with E-state index in [0.717, 1.165) is 12.8 Å². The number of ether oxygens (including phenoxy) is 2. The maximum Gasteiger partial charge on any atom is 0.472 e. The fourth-order valence-corrected chi connectivity index (χ4v) is 4.97. The van der Waals surface area contributed by atoms with E-state index in [0.29, 0.717) is 43.5 Å². The first-order valence-corrected chi connectivity index (χ1v) is 17.5. The van der Waals surface area contributed by atoms with E-state index in [1.165, 1.54) is 77.0 Å². The Morgan fingerprint density at radius 1 is 0.700 bits per heavy atom. The van der Waals surface area contributed by atoms with Crippen molar-refractivity contribution in [1.82, 2.24) is 0 Å². The number of phosphoric acid groups is 1. The predicted molar refractivity (Wildman–Crippen MR) is 162 cm³/mol. The average Bonchev–Trinajstić information content (AvgIpc) is 2.89. The molecule has 3 atom stereocenters. The van der Waals surface area contributed by atoms with E-state index in [-0.39, 0.29) is 26.4 Å². The van der Waals surface area contributed by atoms with Gasteiger partial charge in [-0.25, -0.2) is 4.57 Å². The van der Waals surface area contributed by atoms with Crippen LogP contribution < -0.4 is 0 Å². The van der Waals surface area contributed by atoms with E-state index < -0.39 is 20.0 Å². The second kappa shape index (κ2) is 26.5. The lowest BCUT2D eigenvalue weighted by Gasteiger charge is -2.24. The molecule has 0 rings (SSSR count). The smallest absolute Gasteiger partial charge is 0.394 e. The van der Waals surface area contributed by atoms with Gasteiger partial charge in [-0.1, -0.05) is 90.4 Å². The predicted octanol–water partition coefficient (Wildman–Crippen LogP) is 6.23. The number of unbranched alkanes of at least 4 members (excludes halogenated alkanes) is 14. The number of quaternary nitrogens is 1. The molecule has 242 valence electrons. The van der Waals surface area contributed by atoms with Gasteiger partial charge in [-0.15, -0.1) is 0 Å². The lowest BCUT2D eigenvalue weighted by molar-refractivity contribution is -0.870. The molecule has 0 radical (unpaired) electrons. The molecule has 9 nitrogen and oxygen atoms in total. The Morgan fingerprint density at radius 3 is 1.75 bits per heavy atom. The molecular weight excluding hydrogens is 533 g/mol. The van der Waals surface area contributed by atoms with Gasteiger partial charge in [0.05, 0.1) is 47.1 Å². The molecule has 0 amide bonds. The van der Waals surface area contributed by atoms with Crippen LogP contribution in [0.25, 0.3) is 0 Å². The Morgan fingerprint density at radius 2 is 1.23 bits per heavy atom. The number of hydrogen-bond donors (Lipinski definition) is 3. The van der Waals surface area contributed by atoms with Crippen molar-refractivity contribution in [3.05, 3.63) is 0 Å². The molecule has 0 aliphatic heterocycles. The molecular formula is C30H65NO8P+. The Labute approximate surface area is 246 Å². The molecule has 10 heteroatoms. The SMILES string of the molecule is CCCCCCCCCCCCCCCCOC[C@H](COP(=O)(O)OCC[N+](C)(C)C)OCCCCC(O)CO. The second-order valence-electron chi connectivity index (χ2n) is 12.1. The minimum absolute atomic E-state index is 0.101. The number of nitrogens with zero attached hydrogens (tertiary/aromatic N) is 1. The molecule has 0 saturated heterocycles. The second-order valence-corrected chi connectivity index (χ2v) is 13.6. The lowest BCUT2D eigenvalue weighted by atomic mass is 10.0. The Bertz CT molecular complexity index is 591. The molecule has 0 aliphatic rings. The van der Waals surface area contributed by atoms with Gasteiger partial charge in [0, 0.05) is 13.2 Å². The third-order valence-corrected chi connectivity index (χ3v) is 7.87. The molecule has 0 fully saturated rings. The molecule has 0 spiro atoms. The Kier molecular flexibility index (Phi) is 26.5. The summed E-state index contributed by atoms with van der Waals surface area (Å²) in [4.78, 5) is 10.0. The number of hydrogen-bond acceptors (Lipinski definition) is 7. The van der Waals surface area contributed by atoms with Crippen LogP contribution in [0, 0.1) is 0 Å². The normalized spacial score (nSPS) is 15.3. The van der Waals surface area contributed by atoms with Gasteiger partial charge >= 0.3 is 7.82 Å². The highest BCUT2D eigenvalue weighted by Crippen LogP contribution is 2.43. The Hall–Kier alpha value is -0.0900. The van der Waals surface area contributed by atoms with Crippen molar-refractivity contribution in [1.29, 1.82) is 0 Å². The third kappa shape index (κ3) is 29.4. The summed E-state index contributed by atoms with van der Waals surface area (Å²) in [5.74, 6) is 0. The van der Waals surface area contributed by atoms with Gasteiger partial charge in [0.1, 0.15) is 19.3 Å². The number of phosphoric ester groups is 1. The van der Waals surface area contributed by atoms with Gasteiger partial charge in [-0.05, 0) is 25.7 Å². The summed E-state index contributed by atoms with van der Waals surface area (Å²) in [7, 11) is 1.76. The molecule has 0 aromatic carbocycles. The quantitative estimate of drug-likeness (QED) is 0.0489. The molecule has 0 heterocycles. The molecule has 0 saturated carbocycles. The van der Waals surface area contributed by atoms with Crippen LogP contribution in [0.15, 0.2) is 0 Å². The summed E-state index contributed by atoms with van der Waals surface area (Å²) in [5, 5.41) is 18.4. The monoisotopic (exact) mass is 598 g/mol. The maximum atomic E-state index is 12.3. The highest BCUT2D eigenvalue weighted by Gasteiger charge is 2.25. The minimum Gasteiger partial charge on any atom is -0.394 e. The third-order valence-electron chi connectivity index (χ3n) is 6.88. The first-order chi connectivity index (χ1) is 19.1. The van der Waals surface area contributed by atoms with Crippen molar-refractivity contribution in [2.75, 3.05) is 67.3 Å². The number of aliphatic hydroxyl groups excluding tert-OH is 2. The van der Waals surface area contributed by atoms with Crippen LogP contribution in [0.5, 0.6) is 0 Å². The molecule has 2 unspecified atom stereocenters. The fraction of sp³-hybridized carbons (Fsp3) is 1.00. The summed E-state index contributed by atoms with van der Waals surface area (Å²) in [6.07, 6.45) is 19.0. The van der Waals surface area contributed by atoms with Crippen LogP contribution >= 0.6 is 7.82 Å². The van der Waals surface area contributed by atoms with Crippen molar-refractivity contribution in [3.8, 4) is 0 Å². The van der Waals surface area contributed by atoms with E-state index in [1.807, 2.05) is 21.1 Å². The van der Waals surface area contributed by atoms with Gasteiger partial charge in [0.15, 0.2) is 0 Å². The molecule has 0 bridgehead atoms. The van der Waals surface area contributed by atoms with E-state index in [2.05, 4.69) is 6.92 Å². The lowest BCUT2D eigenvalue weighted by Crippen LogP contribution is -2.37. The van der Waals surface area contributed by atoms with E-state index >= 15 is 0 Å². The first kappa shape index (κ1) is 39.9. The van der Waals surface area contributed by atoms with E-state index in [1.54, 1.807) is 0 Å². The maximum absolute atomic E-state index is 12.3. The van der Waals surface area contributed by atoms with Gasteiger partial charge < -0.3 is 29.1 Å². The molecule has 40 heavy (non-hydrogen) atoms. The molecule has 0 aromatic heterocycles. The minimum atomic E-state index is -4.18. The zero-order valence-corrected chi connectivity index (χ0v) is 27.3. The summed E-state index contributed by atoms with van der Waals surface area (Å²) >= 11 is 0. The molecule has 0 aliphatic carbocycles. The van der Waals surface area contributed by atoms with Crippen LogP contribution in [0.1, 0.15) is 116 Å². The van der Waals surface area contributed by atoms with Crippen LogP contribution in [0.3, 0.4) is 0 Å². The van der Waals surface area contributed by atoms with Gasteiger partial charge in [0.2, 0.25) is 0 Å².